The van der Waals surface area contributed by atoms with Crippen molar-refractivity contribution in [1.82, 2.24) is 14.5 Å². The van der Waals surface area contributed by atoms with Crippen LogP contribution >= 0.6 is 0 Å². The van der Waals surface area contributed by atoms with E-state index in [2.05, 4.69) is 23.7 Å². The number of imidazole rings is 1. The monoisotopic (exact) mass is 319 g/mol. The number of fused-ring (bicyclic) bond motifs is 1. The second-order valence-electron chi connectivity index (χ2n) is 5.69. The lowest BCUT2D eigenvalue weighted by Gasteiger charge is -2.18. The Labute approximate surface area is 136 Å². The van der Waals surface area contributed by atoms with Crippen molar-refractivity contribution >= 4 is 17.0 Å². The number of carbonyl (C=O) groups is 1. The lowest BCUT2D eigenvalue weighted by Crippen LogP contribution is -2.25. The van der Waals surface area contributed by atoms with E-state index in [0.29, 0.717) is 11.3 Å². The van der Waals surface area contributed by atoms with Crippen LogP contribution in [0.5, 0.6) is 0 Å². The Balaban J connectivity index is 2.29. The molecule has 2 aromatic rings. The molecule has 6 heteroatoms. The summed E-state index contributed by atoms with van der Waals surface area (Å²) in [4.78, 5) is 17.9. The predicted octanol–water partition coefficient (Wildman–Crippen LogP) is 2.52. The van der Waals surface area contributed by atoms with Gasteiger partial charge in [0.05, 0.1) is 16.6 Å². The summed E-state index contributed by atoms with van der Waals surface area (Å²) < 4.78 is 2.00. The first-order chi connectivity index (χ1) is 11.0. The van der Waals surface area contributed by atoms with E-state index in [-0.39, 0.29) is 5.56 Å². The van der Waals surface area contributed by atoms with Gasteiger partial charge < -0.3 is 19.7 Å². The van der Waals surface area contributed by atoms with Crippen LogP contribution in [0, 0.1) is 0 Å². The summed E-state index contributed by atoms with van der Waals surface area (Å²) in [5, 5.41) is 19.1. The van der Waals surface area contributed by atoms with E-state index in [4.69, 9.17) is 5.11 Å². The molecule has 2 N–H and O–H groups in total. The molecule has 0 aliphatic carbocycles. The molecule has 1 unspecified atom stereocenters. The highest BCUT2D eigenvalue weighted by atomic mass is 16.4. The highest BCUT2D eigenvalue weighted by molar-refractivity contribution is 5.92. The van der Waals surface area contributed by atoms with Crippen molar-refractivity contribution in [3.05, 3.63) is 29.6 Å². The van der Waals surface area contributed by atoms with Gasteiger partial charge in [0.1, 0.15) is 11.9 Å². The Morgan fingerprint density at radius 3 is 2.61 bits per heavy atom. The number of aliphatic hydroxyl groups excluding tert-OH is 1. The third-order valence-corrected chi connectivity index (χ3v) is 4.15. The van der Waals surface area contributed by atoms with Gasteiger partial charge in [0, 0.05) is 6.54 Å². The minimum absolute atomic E-state index is 0.211. The molecule has 1 heterocycles. The van der Waals surface area contributed by atoms with E-state index in [1.165, 1.54) is 0 Å². The molecular formula is C17H25N3O3. The lowest BCUT2D eigenvalue weighted by molar-refractivity contribution is 0.0697. The number of hydrogen-bond donors (Lipinski definition) is 2. The topological polar surface area (TPSA) is 78.6 Å². The molecule has 23 heavy (non-hydrogen) atoms. The maximum Gasteiger partial charge on any atom is 0.335 e. The molecule has 0 saturated carbocycles. The molecule has 0 bridgehead atoms. The van der Waals surface area contributed by atoms with E-state index in [0.717, 1.165) is 38.1 Å². The van der Waals surface area contributed by atoms with Crippen LogP contribution in [0.25, 0.3) is 11.0 Å². The summed E-state index contributed by atoms with van der Waals surface area (Å²) in [7, 11) is 0. The molecule has 0 amide bonds. The SMILES string of the molecule is CCN(CC)CCCn1c(C(C)O)nc2cc(C(=O)O)ccc21. The Bertz CT molecular complexity index is 675. The summed E-state index contributed by atoms with van der Waals surface area (Å²) in [5.74, 6) is -0.385. The van der Waals surface area contributed by atoms with E-state index < -0.39 is 12.1 Å². The third kappa shape index (κ3) is 3.89. The molecule has 0 fully saturated rings. The van der Waals surface area contributed by atoms with Crippen molar-refractivity contribution in [3.8, 4) is 0 Å². The number of aromatic carboxylic acids is 1. The first kappa shape index (κ1) is 17.4. The number of aromatic nitrogens is 2. The maximum absolute atomic E-state index is 11.1. The molecule has 0 spiro atoms. The average molecular weight is 319 g/mol. The first-order valence-electron chi connectivity index (χ1n) is 8.11. The molecule has 0 radical (unpaired) electrons. The number of nitrogens with zero attached hydrogens (tertiary/aromatic N) is 3. The van der Waals surface area contributed by atoms with Crippen molar-refractivity contribution in [3.63, 3.8) is 0 Å². The van der Waals surface area contributed by atoms with Gasteiger partial charge in [-0.15, -0.1) is 0 Å². The van der Waals surface area contributed by atoms with Crippen molar-refractivity contribution in [2.75, 3.05) is 19.6 Å². The van der Waals surface area contributed by atoms with Gasteiger partial charge in [-0.05, 0) is 51.2 Å². The quantitative estimate of drug-likeness (QED) is 0.781. The summed E-state index contributed by atoms with van der Waals surface area (Å²) in [6.07, 6.45) is 0.261. The lowest BCUT2D eigenvalue weighted by atomic mass is 10.2. The van der Waals surface area contributed by atoms with Crippen LogP contribution in [0.3, 0.4) is 0 Å². The van der Waals surface area contributed by atoms with Crippen LogP contribution in [0.1, 0.15) is 49.5 Å². The van der Waals surface area contributed by atoms with E-state index >= 15 is 0 Å². The summed E-state index contributed by atoms with van der Waals surface area (Å²) in [6.45, 7) is 9.74. The predicted molar refractivity (Wildman–Crippen MR) is 89.7 cm³/mol. The molecule has 0 saturated heterocycles. The van der Waals surface area contributed by atoms with Gasteiger partial charge in [-0.3, -0.25) is 0 Å². The normalized spacial score (nSPS) is 12.9. The number of carboxylic acid groups (broad SMARTS) is 1. The van der Waals surface area contributed by atoms with Gasteiger partial charge in [0.2, 0.25) is 0 Å². The van der Waals surface area contributed by atoms with Crippen LogP contribution in [0.4, 0.5) is 0 Å². The summed E-state index contributed by atoms with van der Waals surface area (Å²) in [6, 6.07) is 4.92. The molecule has 0 aliphatic heterocycles. The van der Waals surface area contributed by atoms with E-state index in [1.807, 2.05) is 4.57 Å². The first-order valence-corrected chi connectivity index (χ1v) is 8.11. The number of aliphatic hydroxyl groups is 1. The number of rotatable bonds is 8. The Hall–Kier alpha value is -1.92. The average Bonchev–Trinajstić information content (AvgIpc) is 2.89. The van der Waals surface area contributed by atoms with Crippen molar-refractivity contribution < 1.29 is 15.0 Å². The second kappa shape index (κ2) is 7.57. The zero-order valence-corrected chi connectivity index (χ0v) is 14.0. The fourth-order valence-electron chi connectivity index (χ4n) is 2.83. The van der Waals surface area contributed by atoms with E-state index in [1.54, 1.807) is 25.1 Å². The largest absolute Gasteiger partial charge is 0.478 e. The summed E-state index contributed by atoms with van der Waals surface area (Å²) in [5.41, 5.74) is 1.69. The molecule has 1 aromatic carbocycles. The van der Waals surface area contributed by atoms with Crippen LogP contribution < -0.4 is 0 Å². The Kier molecular flexibility index (Phi) is 5.74. The molecular weight excluding hydrogens is 294 g/mol. The number of aryl methyl sites for hydroxylation is 1. The van der Waals surface area contributed by atoms with Crippen LogP contribution in [0.2, 0.25) is 0 Å². The number of hydrogen-bond acceptors (Lipinski definition) is 4. The van der Waals surface area contributed by atoms with Gasteiger partial charge >= 0.3 is 5.97 Å². The van der Waals surface area contributed by atoms with Gasteiger partial charge in [-0.2, -0.15) is 0 Å². The highest BCUT2D eigenvalue weighted by Crippen LogP contribution is 2.22. The zero-order chi connectivity index (χ0) is 17.0. The van der Waals surface area contributed by atoms with Crippen LogP contribution in [0.15, 0.2) is 18.2 Å². The van der Waals surface area contributed by atoms with Crippen molar-refractivity contribution in [1.29, 1.82) is 0 Å². The fourth-order valence-corrected chi connectivity index (χ4v) is 2.83. The minimum atomic E-state index is -0.971. The number of carboxylic acids is 1. The Morgan fingerprint density at radius 1 is 1.35 bits per heavy atom. The van der Waals surface area contributed by atoms with Gasteiger partial charge in [0.25, 0.3) is 0 Å². The standard InChI is InChI=1S/C17H25N3O3/c1-4-19(5-2)9-6-10-20-15-8-7-13(17(22)23)11-14(15)18-16(20)12(3)21/h7-8,11-12,21H,4-6,9-10H2,1-3H3,(H,22,23). The molecule has 126 valence electrons. The fraction of sp³-hybridized carbons (Fsp3) is 0.529. The van der Waals surface area contributed by atoms with Gasteiger partial charge in [-0.1, -0.05) is 13.8 Å². The van der Waals surface area contributed by atoms with Gasteiger partial charge in [0.15, 0.2) is 0 Å². The Morgan fingerprint density at radius 2 is 2.04 bits per heavy atom. The smallest absolute Gasteiger partial charge is 0.335 e. The van der Waals surface area contributed by atoms with Crippen LogP contribution in [-0.2, 0) is 6.54 Å². The maximum atomic E-state index is 11.1. The molecule has 0 aliphatic rings. The number of benzene rings is 1. The molecule has 2 rings (SSSR count). The second-order valence-corrected chi connectivity index (χ2v) is 5.69. The van der Waals surface area contributed by atoms with Gasteiger partial charge in [-0.25, -0.2) is 9.78 Å². The third-order valence-electron chi connectivity index (χ3n) is 4.15. The molecule has 1 atom stereocenters. The molecule has 1 aromatic heterocycles. The van der Waals surface area contributed by atoms with Crippen molar-refractivity contribution in [2.24, 2.45) is 0 Å². The van der Waals surface area contributed by atoms with Crippen LogP contribution in [-0.4, -0.2) is 50.3 Å². The van der Waals surface area contributed by atoms with Crippen molar-refractivity contribution in [2.45, 2.75) is 39.8 Å². The zero-order valence-electron chi connectivity index (χ0n) is 14.0. The highest BCUT2D eigenvalue weighted by Gasteiger charge is 2.16. The minimum Gasteiger partial charge on any atom is -0.478 e. The van der Waals surface area contributed by atoms with E-state index in [9.17, 15) is 9.90 Å². The summed E-state index contributed by atoms with van der Waals surface area (Å²) >= 11 is 0. The molecule has 6 nitrogen and oxygen atoms in total.